The number of aromatic nitrogens is 2. The van der Waals surface area contributed by atoms with Gasteiger partial charge in [0.15, 0.2) is 5.82 Å². The smallest absolute Gasteiger partial charge is 0.255 e. The van der Waals surface area contributed by atoms with Crippen molar-refractivity contribution in [3.63, 3.8) is 0 Å². The summed E-state index contributed by atoms with van der Waals surface area (Å²) in [7, 11) is 0. The number of amides is 1. The molecule has 0 saturated carbocycles. The number of benzene rings is 2. The molecule has 0 fully saturated rings. The number of phenolic OH excluding ortho intramolecular Hbond substituents is 1. The van der Waals surface area contributed by atoms with Gasteiger partial charge in [-0.3, -0.25) is 4.79 Å². The van der Waals surface area contributed by atoms with E-state index in [4.69, 9.17) is 4.52 Å². The Balaban J connectivity index is 1.83. The number of phenols is 1. The van der Waals surface area contributed by atoms with Crippen molar-refractivity contribution in [1.82, 2.24) is 15.5 Å². The van der Waals surface area contributed by atoms with Gasteiger partial charge in [-0.25, -0.2) is 0 Å². The largest absolute Gasteiger partial charge is 0.507 e. The second kappa shape index (κ2) is 8.01. The third kappa shape index (κ3) is 4.31. The predicted molar refractivity (Wildman–Crippen MR) is 103 cm³/mol. The van der Waals surface area contributed by atoms with Crippen LogP contribution in [0.5, 0.6) is 5.75 Å². The highest BCUT2D eigenvalue weighted by Crippen LogP contribution is 2.25. The minimum atomic E-state index is -0.387. The Morgan fingerprint density at radius 1 is 1.19 bits per heavy atom. The molecule has 2 N–H and O–H groups in total. The maximum absolute atomic E-state index is 12.5. The first kappa shape index (κ1) is 18.6. The van der Waals surface area contributed by atoms with Gasteiger partial charge in [0.2, 0.25) is 5.89 Å². The van der Waals surface area contributed by atoms with Crippen LogP contribution in [0.15, 0.2) is 55.9 Å². The zero-order valence-corrected chi connectivity index (χ0v) is 16.9. The van der Waals surface area contributed by atoms with Crippen LogP contribution in [0.2, 0.25) is 0 Å². The summed E-state index contributed by atoms with van der Waals surface area (Å²) in [5, 5.41) is 16.6. The molecular formula is C18H15Br2N3O3. The van der Waals surface area contributed by atoms with Gasteiger partial charge in [0.25, 0.3) is 5.91 Å². The Labute approximate surface area is 166 Å². The lowest BCUT2D eigenvalue weighted by Crippen LogP contribution is -2.29. The van der Waals surface area contributed by atoms with Gasteiger partial charge < -0.3 is 14.9 Å². The summed E-state index contributed by atoms with van der Waals surface area (Å²) < 4.78 is 6.97. The normalized spacial score (nSPS) is 12.0. The fraction of sp³-hybridized carbons (Fsp3) is 0.167. The number of hydrogen-bond donors (Lipinski definition) is 2. The van der Waals surface area contributed by atoms with E-state index in [1.165, 1.54) is 6.07 Å². The van der Waals surface area contributed by atoms with Crippen LogP contribution in [-0.2, 0) is 0 Å². The number of aryl methyl sites for hydroxylation is 1. The summed E-state index contributed by atoms with van der Waals surface area (Å²) >= 11 is 6.71. The molecule has 26 heavy (non-hydrogen) atoms. The van der Waals surface area contributed by atoms with Crippen LogP contribution in [0.4, 0.5) is 0 Å². The van der Waals surface area contributed by atoms with Crippen molar-refractivity contribution in [2.75, 3.05) is 6.54 Å². The van der Waals surface area contributed by atoms with Crippen molar-refractivity contribution in [3.8, 4) is 5.75 Å². The molecule has 134 valence electrons. The molecule has 8 heteroatoms. The SMILES string of the molecule is Cc1noc(C(CNC(=O)c2cc(Br)ccc2O)c2ccc(Br)cc2)n1. The summed E-state index contributed by atoms with van der Waals surface area (Å²) in [6, 6.07) is 12.4. The average molecular weight is 481 g/mol. The quantitative estimate of drug-likeness (QED) is 0.572. The lowest BCUT2D eigenvalue weighted by Gasteiger charge is -2.15. The highest BCUT2D eigenvalue weighted by atomic mass is 79.9. The Hall–Kier alpha value is -2.19. The van der Waals surface area contributed by atoms with Crippen LogP contribution in [0.25, 0.3) is 0 Å². The summed E-state index contributed by atoms with van der Waals surface area (Å²) in [5.74, 6) is 0.172. The molecule has 1 atom stereocenters. The molecule has 0 spiro atoms. The van der Waals surface area contributed by atoms with Crippen molar-refractivity contribution in [2.45, 2.75) is 12.8 Å². The highest BCUT2D eigenvalue weighted by Gasteiger charge is 2.22. The molecule has 2 aromatic carbocycles. The summed E-state index contributed by atoms with van der Waals surface area (Å²) in [6.07, 6.45) is 0. The molecule has 6 nitrogen and oxygen atoms in total. The van der Waals surface area contributed by atoms with Crippen LogP contribution in [0, 0.1) is 6.92 Å². The summed E-state index contributed by atoms with van der Waals surface area (Å²) in [5.41, 5.74) is 1.12. The number of aromatic hydroxyl groups is 1. The third-order valence-electron chi connectivity index (χ3n) is 3.78. The Kier molecular flexibility index (Phi) is 5.73. The number of nitrogens with zero attached hydrogens (tertiary/aromatic N) is 2. The van der Waals surface area contributed by atoms with Crippen LogP contribution in [0.3, 0.4) is 0 Å². The number of rotatable bonds is 5. The van der Waals surface area contributed by atoms with E-state index in [0.717, 1.165) is 10.0 Å². The van der Waals surface area contributed by atoms with Crippen LogP contribution in [0.1, 0.15) is 33.6 Å². The molecule has 3 rings (SSSR count). The van der Waals surface area contributed by atoms with E-state index in [1.54, 1.807) is 19.1 Å². The van der Waals surface area contributed by atoms with Gasteiger partial charge in [-0.1, -0.05) is 49.1 Å². The van der Waals surface area contributed by atoms with Gasteiger partial charge in [-0.15, -0.1) is 0 Å². The minimum absolute atomic E-state index is 0.0838. The zero-order chi connectivity index (χ0) is 18.7. The Bertz CT molecular complexity index is 926. The van der Waals surface area contributed by atoms with Crippen molar-refractivity contribution in [3.05, 3.63) is 74.3 Å². The van der Waals surface area contributed by atoms with E-state index in [2.05, 4.69) is 47.3 Å². The van der Waals surface area contributed by atoms with Crippen LogP contribution >= 0.6 is 31.9 Å². The van der Waals surface area contributed by atoms with Crippen molar-refractivity contribution in [1.29, 1.82) is 0 Å². The van der Waals surface area contributed by atoms with E-state index < -0.39 is 0 Å². The number of halogens is 2. The Morgan fingerprint density at radius 2 is 1.88 bits per heavy atom. The molecule has 0 bridgehead atoms. The first-order chi connectivity index (χ1) is 12.4. The molecule has 1 heterocycles. The standard InChI is InChI=1S/C18H15Br2N3O3/c1-10-22-18(26-23-10)15(11-2-4-12(19)5-3-11)9-21-17(25)14-8-13(20)6-7-16(14)24/h2-8,15,24H,9H2,1H3,(H,21,25). The second-order valence-corrected chi connectivity index (χ2v) is 7.49. The Morgan fingerprint density at radius 3 is 2.54 bits per heavy atom. The minimum Gasteiger partial charge on any atom is -0.507 e. The molecule has 0 saturated heterocycles. The number of carbonyl (C=O) groups excluding carboxylic acids is 1. The van der Waals surface area contributed by atoms with Gasteiger partial charge in [0.05, 0.1) is 11.5 Å². The van der Waals surface area contributed by atoms with Gasteiger partial charge in [0.1, 0.15) is 5.75 Å². The van der Waals surface area contributed by atoms with E-state index >= 15 is 0 Å². The second-order valence-electron chi connectivity index (χ2n) is 5.66. The van der Waals surface area contributed by atoms with Gasteiger partial charge >= 0.3 is 0 Å². The first-order valence-electron chi connectivity index (χ1n) is 7.76. The van der Waals surface area contributed by atoms with E-state index in [1.807, 2.05) is 24.3 Å². The zero-order valence-electron chi connectivity index (χ0n) is 13.7. The van der Waals surface area contributed by atoms with E-state index in [0.29, 0.717) is 16.2 Å². The topological polar surface area (TPSA) is 88.2 Å². The van der Waals surface area contributed by atoms with Crippen LogP contribution < -0.4 is 5.32 Å². The van der Waals surface area contributed by atoms with E-state index in [-0.39, 0.29) is 29.7 Å². The van der Waals surface area contributed by atoms with Crippen LogP contribution in [-0.4, -0.2) is 27.7 Å². The predicted octanol–water partition coefficient (Wildman–Crippen LogP) is 4.17. The fourth-order valence-electron chi connectivity index (χ4n) is 2.48. The lowest BCUT2D eigenvalue weighted by molar-refractivity contribution is 0.0948. The van der Waals surface area contributed by atoms with Crippen molar-refractivity contribution < 1.29 is 14.4 Å². The first-order valence-corrected chi connectivity index (χ1v) is 9.35. The molecule has 1 unspecified atom stereocenters. The highest BCUT2D eigenvalue weighted by molar-refractivity contribution is 9.10. The maximum atomic E-state index is 12.5. The van der Waals surface area contributed by atoms with Gasteiger partial charge in [0, 0.05) is 15.5 Å². The monoisotopic (exact) mass is 479 g/mol. The van der Waals surface area contributed by atoms with Crippen molar-refractivity contribution >= 4 is 37.8 Å². The third-order valence-corrected chi connectivity index (χ3v) is 4.81. The molecule has 0 aliphatic heterocycles. The molecule has 1 aromatic heterocycles. The molecule has 0 radical (unpaired) electrons. The molecule has 0 aliphatic carbocycles. The lowest BCUT2D eigenvalue weighted by atomic mass is 9.98. The van der Waals surface area contributed by atoms with Gasteiger partial charge in [-0.2, -0.15) is 4.98 Å². The number of hydrogen-bond acceptors (Lipinski definition) is 5. The molecule has 1 amide bonds. The van der Waals surface area contributed by atoms with E-state index in [9.17, 15) is 9.90 Å². The molecule has 3 aromatic rings. The average Bonchev–Trinajstić information content (AvgIpc) is 3.04. The number of carbonyl (C=O) groups is 1. The molecular weight excluding hydrogens is 466 g/mol. The maximum Gasteiger partial charge on any atom is 0.255 e. The summed E-state index contributed by atoms with van der Waals surface area (Å²) in [6.45, 7) is 1.98. The molecule has 0 aliphatic rings. The number of nitrogens with one attached hydrogen (secondary N) is 1. The van der Waals surface area contributed by atoms with Crippen molar-refractivity contribution in [2.24, 2.45) is 0 Å². The summed E-state index contributed by atoms with van der Waals surface area (Å²) in [4.78, 5) is 16.8. The fourth-order valence-corrected chi connectivity index (χ4v) is 3.10. The van der Waals surface area contributed by atoms with Gasteiger partial charge in [-0.05, 0) is 42.8 Å².